The Morgan fingerprint density at radius 3 is 3.00 bits per heavy atom. The standard InChI is InChI=1S/C14H13N3OS/c18-13(11-5-6-19-9-11)8-16-14-15-7-10-3-1-2-4-12(10)17-14/h1-7,9,13,18H,8H2,(H,15,16,17). The summed E-state index contributed by atoms with van der Waals surface area (Å²) in [5.74, 6) is 0.535. The molecule has 0 aliphatic carbocycles. The smallest absolute Gasteiger partial charge is 0.223 e. The number of fused-ring (bicyclic) bond motifs is 1. The molecule has 4 nitrogen and oxygen atoms in total. The Kier molecular flexibility index (Phi) is 3.39. The van der Waals surface area contributed by atoms with Crippen LogP contribution in [0.4, 0.5) is 5.95 Å². The number of aromatic nitrogens is 2. The first kappa shape index (κ1) is 12.1. The predicted octanol–water partition coefficient (Wildman–Crippen LogP) is 2.84. The zero-order chi connectivity index (χ0) is 13.1. The molecule has 0 aliphatic heterocycles. The number of benzene rings is 1. The first-order valence-electron chi connectivity index (χ1n) is 5.99. The maximum Gasteiger partial charge on any atom is 0.223 e. The van der Waals surface area contributed by atoms with E-state index in [0.717, 1.165) is 16.5 Å². The van der Waals surface area contributed by atoms with E-state index in [9.17, 15) is 5.11 Å². The van der Waals surface area contributed by atoms with Crippen LogP contribution < -0.4 is 5.32 Å². The van der Waals surface area contributed by atoms with Crippen molar-refractivity contribution in [3.8, 4) is 0 Å². The number of nitrogens with one attached hydrogen (secondary N) is 1. The minimum absolute atomic E-state index is 0.398. The van der Waals surface area contributed by atoms with Crippen LogP contribution in [0, 0.1) is 0 Å². The number of hydrogen-bond acceptors (Lipinski definition) is 5. The van der Waals surface area contributed by atoms with E-state index >= 15 is 0 Å². The fraction of sp³-hybridized carbons (Fsp3) is 0.143. The fourth-order valence-electron chi connectivity index (χ4n) is 1.83. The molecule has 0 aliphatic rings. The van der Waals surface area contributed by atoms with Gasteiger partial charge in [0.2, 0.25) is 5.95 Å². The molecule has 2 aromatic heterocycles. The van der Waals surface area contributed by atoms with E-state index in [1.807, 2.05) is 41.1 Å². The number of rotatable bonds is 4. The Morgan fingerprint density at radius 2 is 2.16 bits per heavy atom. The van der Waals surface area contributed by atoms with Crippen LogP contribution in [0.2, 0.25) is 0 Å². The van der Waals surface area contributed by atoms with Crippen molar-refractivity contribution in [2.24, 2.45) is 0 Å². The Balaban J connectivity index is 1.71. The normalized spacial score (nSPS) is 12.5. The van der Waals surface area contributed by atoms with E-state index in [1.54, 1.807) is 17.5 Å². The van der Waals surface area contributed by atoms with Gasteiger partial charge in [0.15, 0.2) is 0 Å². The van der Waals surface area contributed by atoms with Crippen LogP contribution in [0.1, 0.15) is 11.7 Å². The number of aliphatic hydroxyl groups excluding tert-OH is 1. The maximum absolute atomic E-state index is 9.97. The molecule has 19 heavy (non-hydrogen) atoms. The van der Waals surface area contributed by atoms with Gasteiger partial charge in [0.25, 0.3) is 0 Å². The van der Waals surface area contributed by atoms with Gasteiger partial charge in [-0.3, -0.25) is 0 Å². The molecule has 0 amide bonds. The molecule has 1 atom stereocenters. The summed E-state index contributed by atoms with van der Waals surface area (Å²) in [4.78, 5) is 8.63. The lowest BCUT2D eigenvalue weighted by molar-refractivity contribution is 0.192. The molecule has 2 heterocycles. The van der Waals surface area contributed by atoms with Gasteiger partial charge in [0.1, 0.15) is 0 Å². The van der Waals surface area contributed by atoms with Crippen molar-refractivity contribution in [2.75, 3.05) is 11.9 Å². The number of hydrogen-bond donors (Lipinski definition) is 2. The molecule has 0 saturated carbocycles. The van der Waals surface area contributed by atoms with Crippen molar-refractivity contribution < 1.29 is 5.11 Å². The van der Waals surface area contributed by atoms with Gasteiger partial charge in [-0.05, 0) is 28.5 Å². The van der Waals surface area contributed by atoms with E-state index in [-0.39, 0.29) is 0 Å². The average molecular weight is 271 g/mol. The Bertz CT molecular complexity index is 669. The van der Waals surface area contributed by atoms with Crippen molar-refractivity contribution in [1.29, 1.82) is 0 Å². The summed E-state index contributed by atoms with van der Waals surface area (Å²) in [6, 6.07) is 9.73. The summed E-state index contributed by atoms with van der Waals surface area (Å²) in [5.41, 5.74) is 1.81. The molecule has 96 valence electrons. The summed E-state index contributed by atoms with van der Waals surface area (Å²) in [6.45, 7) is 0.398. The second-order valence-electron chi connectivity index (χ2n) is 4.21. The van der Waals surface area contributed by atoms with E-state index in [1.165, 1.54) is 0 Å². The van der Waals surface area contributed by atoms with Crippen LogP contribution in [-0.4, -0.2) is 21.6 Å². The third-order valence-electron chi connectivity index (χ3n) is 2.87. The van der Waals surface area contributed by atoms with Crippen LogP contribution in [0.5, 0.6) is 0 Å². The molecule has 0 spiro atoms. The molecule has 1 unspecified atom stereocenters. The lowest BCUT2D eigenvalue weighted by Gasteiger charge is -2.10. The van der Waals surface area contributed by atoms with Gasteiger partial charge >= 0.3 is 0 Å². The summed E-state index contributed by atoms with van der Waals surface area (Å²) < 4.78 is 0. The van der Waals surface area contributed by atoms with E-state index in [2.05, 4.69) is 15.3 Å². The molecular weight excluding hydrogens is 258 g/mol. The highest BCUT2D eigenvalue weighted by Gasteiger charge is 2.08. The SMILES string of the molecule is OC(CNc1ncc2ccccc2n1)c1ccsc1. The number of thiophene rings is 1. The topological polar surface area (TPSA) is 58.0 Å². The van der Waals surface area contributed by atoms with Gasteiger partial charge in [-0.1, -0.05) is 18.2 Å². The van der Waals surface area contributed by atoms with Gasteiger partial charge in [-0.15, -0.1) is 0 Å². The lowest BCUT2D eigenvalue weighted by atomic mass is 10.2. The number of para-hydroxylation sites is 1. The minimum Gasteiger partial charge on any atom is -0.387 e. The van der Waals surface area contributed by atoms with Crippen LogP contribution in [0.25, 0.3) is 10.9 Å². The number of nitrogens with zero attached hydrogens (tertiary/aromatic N) is 2. The van der Waals surface area contributed by atoms with Crippen LogP contribution >= 0.6 is 11.3 Å². The molecule has 0 fully saturated rings. The quantitative estimate of drug-likeness (QED) is 0.766. The van der Waals surface area contributed by atoms with Crippen molar-refractivity contribution in [1.82, 2.24) is 9.97 Å². The number of aliphatic hydroxyl groups is 1. The predicted molar refractivity (Wildman–Crippen MR) is 77.3 cm³/mol. The highest BCUT2D eigenvalue weighted by atomic mass is 32.1. The Hall–Kier alpha value is -1.98. The third kappa shape index (κ3) is 2.72. The molecule has 5 heteroatoms. The molecular formula is C14H13N3OS. The molecule has 3 aromatic rings. The molecule has 3 rings (SSSR count). The zero-order valence-electron chi connectivity index (χ0n) is 10.2. The van der Waals surface area contributed by atoms with E-state index in [0.29, 0.717) is 12.5 Å². The highest BCUT2D eigenvalue weighted by Crippen LogP contribution is 2.17. The Labute approximate surface area is 114 Å². The summed E-state index contributed by atoms with van der Waals surface area (Å²) >= 11 is 1.57. The summed E-state index contributed by atoms with van der Waals surface area (Å²) in [6.07, 6.45) is 1.24. The second-order valence-corrected chi connectivity index (χ2v) is 4.99. The van der Waals surface area contributed by atoms with Crippen LogP contribution in [0.3, 0.4) is 0 Å². The zero-order valence-corrected chi connectivity index (χ0v) is 11.0. The summed E-state index contributed by atoms with van der Waals surface area (Å²) in [7, 11) is 0. The lowest BCUT2D eigenvalue weighted by Crippen LogP contribution is -2.13. The first-order valence-corrected chi connectivity index (χ1v) is 6.93. The van der Waals surface area contributed by atoms with Gasteiger partial charge in [0.05, 0.1) is 11.6 Å². The fourth-order valence-corrected chi connectivity index (χ4v) is 2.53. The van der Waals surface area contributed by atoms with Crippen molar-refractivity contribution >= 4 is 28.2 Å². The van der Waals surface area contributed by atoms with Gasteiger partial charge in [-0.2, -0.15) is 11.3 Å². The van der Waals surface area contributed by atoms with Crippen molar-refractivity contribution in [3.63, 3.8) is 0 Å². The molecule has 2 N–H and O–H groups in total. The van der Waals surface area contributed by atoms with Gasteiger partial charge < -0.3 is 10.4 Å². The minimum atomic E-state index is -0.540. The van der Waals surface area contributed by atoms with Crippen LogP contribution in [0.15, 0.2) is 47.3 Å². The molecule has 1 aromatic carbocycles. The maximum atomic E-state index is 9.97. The van der Waals surface area contributed by atoms with Gasteiger partial charge in [-0.25, -0.2) is 9.97 Å². The first-order chi connectivity index (χ1) is 9.33. The van der Waals surface area contributed by atoms with E-state index < -0.39 is 6.10 Å². The monoisotopic (exact) mass is 271 g/mol. The summed E-state index contributed by atoms with van der Waals surface area (Å²) in [5, 5.41) is 17.9. The second kappa shape index (κ2) is 5.34. The molecule has 0 bridgehead atoms. The Morgan fingerprint density at radius 1 is 1.26 bits per heavy atom. The third-order valence-corrected chi connectivity index (χ3v) is 3.57. The molecule has 0 radical (unpaired) electrons. The average Bonchev–Trinajstić information content (AvgIpc) is 2.99. The van der Waals surface area contributed by atoms with Crippen molar-refractivity contribution in [3.05, 3.63) is 52.9 Å². The van der Waals surface area contributed by atoms with E-state index in [4.69, 9.17) is 0 Å². The largest absolute Gasteiger partial charge is 0.387 e. The number of anilines is 1. The molecule has 0 saturated heterocycles. The van der Waals surface area contributed by atoms with Gasteiger partial charge in [0, 0.05) is 18.1 Å². The highest BCUT2D eigenvalue weighted by molar-refractivity contribution is 7.07. The van der Waals surface area contributed by atoms with Crippen LogP contribution in [-0.2, 0) is 0 Å². The van der Waals surface area contributed by atoms with Crippen molar-refractivity contribution in [2.45, 2.75) is 6.10 Å².